The van der Waals surface area contributed by atoms with Gasteiger partial charge in [-0.1, -0.05) is 52.7 Å². The molecule has 0 bridgehead atoms. The number of hydrogen-bond acceptors (Lipinski definition) is 2. The van der Waals surface area contributed by atoms with Gasteiger partial charge in [-0.05, 0) is 36.2 Å². The van der Waals surface area contributed by atoms with Crippen molar-refractivity contribution in [1.82, 2.24) is 0 Å². The van der Waals surface area contributed by atoms with Crippen molar-refractivity contribution >= 4 is 33.2 Å². The summed E-state index contributed by atoms with van der Waals surface area (Å²) in [5, 5.41) is 4.12. The smallest absolute Gasteiger partial charge is 0.142 e. The van der Waals surface area contributed by atoms with Crippen molar-refractivity contribution in [1.29, 1.82) is 0 Å². The minimum absolute atomic E-state index is 0.665. The third kappa shape index (κ3) is 4.15. The molecule has 0 aromatic heterocycles. The Balaban J connectivity index is 2.06. The predicted molar refractivity (Wildman–Crippen MR) is 88.7 cm³/mol. The Labute approximate surface area is 133 Å². The molecule has 0 fully saturated rings. The van der Waals surface area contributed by atoms with Crippen LogP contribution in [0.25, 0.3) is 0 Å². The zero-order valence-electron chi connectivity index (χ0n) is 11.3. The molecule has 0 radical (unpaired) electrons. The van der Waals surface area contributed by atoms with Crippen LogP contribution in [0, 0.1) is 0 Å². The largest absolute Gasteiger partial charge is 0.491 e. The number of ether oxygens (including phenoxy) is 1. The van der Waals surface area contributed by atoms with E-state index in [1.165, 1.54) is 0 Å². The molecule has 4 heteroatoms. The molecule has 2 nitrogen and oxygen atoms in total. The predicted octanol–water partition coefficient (Wildman–Crippen LogP) is 5.50. The van der Waals surface area contributed by atoms with Gasteiger partial charge in [0, 0.05) is 16.0 Å². The van der Waals surface area contributed by atoms with E-state index in [1.54, 1.807) is 0 Å². The molecule has 0 unspecified atom stereocenters. The van der Waals surface area contributed by atoms with Crippen LogP contribution in [-0.2, 0) is 6.54 Å². The highest BCUT2D eigenvalue weighted by Gasteiger charge is 2.04. The number of nitrogens with one attached hydrogen (secondary N) is 1. The van der Waals surface area contributed by atoms with Gasteiger partial charge >= 0.3 is 0 Å². The van der Waals surface area contributed by atoms with E-state index in [9.17, 15) is 0 Å². The maximum absolute atomic E-state index is 6.22. The summed E-state index contributed by atoms with van der Waals surface area (Å²) >= 11 is 9.63. The van der Waals surface area contributed by atoms with Gasteiger partial charge in [0.25, 0.3) is 0 Å². The molecule has 0 heterocycles. The SMILES string of the molecule is CCCOc1ccccc1NCc1ccc(Br)cc1Cl. The summed E-state index contributed by atoms with van der Waals surface area (Å²) in [4.78, 5) is 0. The van der Waals surface area contributed by atoms with E-state index >= 15 is 0 Å². The monoisotopic (exact) mass is 353 g/mol. The van der Waals surface area contributed by atoms with E-state index in [0.29, 0.717) is 6.54 Å². The molecule has 0 aliphatic carbocycles. The number of hydrogen-bond donors (Lipinski definition) is 1. The number of benzene rings is 2. The van der Waals surface area contributed by atoms with Crippen LogP contribution in [0.4, 0.5) is 5.69 Å². The Morgan fingerprint density at radius 3 is 2.75 bits per heavy atom. The summed E-state index contributed by atoms with van der Waals surface area (Å²) in [5.41, 5.74) is 2.04. The first-order chi connectivity index (χ1) is 9.70. The molecular weight excluding hydrogens is 338 g/mol. The Kier molecular flexibility index (Phi) is 5.74. The van der Waals surface area contributed by atoms with E-state index < -0.39 is 0 Å². The summed E-state index contributed by atoms with van der Waals surface area (Å²) in [6.07, 6.45) is 0.993. The van der Waals surface area contributed by atoms with E-state index in [1.807, 2.05) is 42.5 Å². The minimum atomic E-state index is 0.665. The molecule has 106 valence electrons. The first kappa shape index (κ1) is 15.2. The third-order valence-corrected chi connectivity index (χ3v) is 3.68. The van der Waals surface area contributed by atoms with Gasteiger partial charge in [-0.3, -0.25) is 0 Å². The summed E-state index contributed by atoms with van der Waals surface area (Å²) in [6.45, 7) is 3.48. The average molecular weight is 355 g/mol. The standard InChI is InChI=1S/C16H17BrClNO/c1-2-9-20-16-6-4-3-5-15(16)19-11-12-7-8-13(17)10-14(12)18/h3-8,10,19H,2,9,11H2,1H3. The molecule has 2 rings (SSSR count). The first-order valence-electron chi connectivity index (χ1n) is 6.60. The molecule has 0 saturated carbocycles. The Bertz CT molecular complexity index is 574. The van der Waals surface area contributed by atoms with Crippen LogP contribution in [0.5, 0.6) is 5.75 Å². The molecule has 0 aliphatic rings. The van der Waals surface area contributed by atoms with Gasteiger partial charge < -0.3 is 10.1 Å². The summed E-state index contributed by atoms with van der Waals surface area (Å²) in [5.74, 6) is 0.877. The van der Waals surface area contributed by atoms with Crippen LogP contribution >= 0.6 is 27.5 Å². The lowest BCUT2D eigenvalue weighted by molar-refractivity contribution is 0.319. The highest BCUT2D eigenvalue weighted by atomic mass is 79.9. The Morgan fingerprint density at radius 2 is 2.00 bits per heavy atom. The van der Waals surface area contributed by atoms with Crippen molar-refractivity contribution in [2.75, 3.05) is 11.9 Å². The second-order valence-corrected chi connectivity index (χ2v) is 5.76. The van der Waals surface area contributed by atoms with Gasteiger partial charge in [-0.2, -0.15) is 0 Å². The maximum atomic E-state index is 6.22. The lowest BCUT2D eigenvalue weighted by Crippen LogP contribution is -2.03. The second kappa shape index (κ2) is 7.55. The first-order valence-corrected chi connectivity index (χ1v) is 7.77. The van der Waals surface area contributed by atoms with Crippen LogP contribution in [0.15, 0.2) is 46.9 Å². The van der Waals surface area contributed by atoms with Crippen LogP contribution in [0.1, 0.15) is 18.9 Å². The van der Waals surface area contributed by atoms with Gasteiger partial charge in [0.05, 0.1) is 12.3 Å². The molecule has 0 atom stereocenters. The Hall–Kier alpha value is -1.19. The molecule has 2 aromatic carbocycles. The Morgan fingerprint density at radius 1 is 1.20 bits per heavy atom. The fraction of sp³-hybridized carbons (Fsp3) is 0.250. The quantitative estimate of drug-likeness (QED) is 0.739. The summed E-state index contributed by atoms with van der Waals surface area (Å²) in [6, 6.07) is 13.8. The zero-order valence-corrected chi connectivity index (χ0v) is 13.7. The lowest BCUT2D eigenvalue weighted by atomic mass is 10.2. The molecule has 0 saturated heterocycles. The summed E-state index contributed by atoms with van der Waals surface area (Å²) < 4.78 is 6.71. The normalized spacial score (nSPS) is 10.3. The average Bonchev–Trinajstić information content (AvgIpc) is 2.45. The van der Waals surface area contributed by atoms with E-state index in [-0.39, 0.29) is 0 Å². The van der Waals surface area contributed by atoms with E-state index in [4.69, 9.17) is 16.3 Å². The van der Waals surface area contributed by atoms with Crippen LogP contribution in [-0.4, -0.2) is 6.61 Å². The van der Waals surface area contributed by atoms with Crippen LogP contribution in [0.2, 0.25) is 5.02 Å². The minimum Gasteiger partial charge on any atom is -0.491 e. The number of rotatable bonds is 6. The molecule has 0 aliphatic heterocycles. The van der Waals surface area contributed by atoms with Gasteiger partial charge in [0.15, 0.2) is 0 Å². The highest BCUT2D eigenvalue weighted by molar-refractivity contribution is 9.10. The van der Waals surface area contributed by atoms with Crippen molar-refractivity contribution in [3.63, 3.8) is 0 Å². The van der Waals surface area contributed by atoms with Crippen LogP contribution in [0.3, 0.4) is 0 Å². The van der Waals surface area contributed by atoms with Crippen molar-refractivity contribution < 1.29 is 4.74 Å². The third-order valence-electron chi connectivity index (χ3n) is 2.83. The van der Waals surface area contributed by atoms with Crippen molar-refractivity contribution in [2.45, 2.75) is 19.9 Å². The molecule has 0 amide bonds. The maximum Gasteiger partial charge on any atom is 0.142 e. The summed E-state index contributed by atoms with van der Waals surface area (Å²) in [7, 11) is 0. The second-order valence-electron chi connectivity index (χ2n) is 4.43. The zero-order chi connectivity index (χ0) is 14.4. The molecular formula is C16H17BrClNO. The lowest BCUT2D eigenvalue weighted by Gasteiger charge is -2.13. The molecule has 0 spiro atoms. The van der Waals surface area contributed by atoms with Gasteiger partial charge in [0.1, 0.15) is 5.75 Å². The van der Waals surface area contributed by atoms with Gasteiger partial charge in [-0.15, -0.1) is 0 Å². The van der Waals surface area contributed by atoms with Crippen molar-refractivity contribution in [3.05, 3.63) is 57.5 Å². The van der Waals surface area contributed by atoms with Gasteiger partial charge in [0.2, 0.25) is 0 Å². The van der Waals surface area contributed by atoms with Crippen molar-refractivity contribution in [2.24, 2.45) is 0 Å². The molecule has 2 aromatic rings. The van der Waals surface area contributed by atoms with Crippen molar-refractivity contribution in [3.8, 4) is 5.75 Å². The number of para-hydroxylation sites is 2. The fourth-order valence-corrected chi connectivity index (χ4v) is 2.55. The number of halogens is 2. The van der Waals surface area contributed by atoms with Crippen LogP contribution < -0.4 is 10.1 Å². The fourth-order valence-electron chi connectivity index (χ4n) is 1.81. The molecule has 1 N–H and O–H groups in total. The van der Waals surface area contributed by atoms with Gasteiger partial charge in [-0.25, -0.2) is 0 Å². The topological polar surface area (TPSA) is 21.3 Å². The highest BCUT2D eigenvalue weighted by Crippen LogP contribution is 2.26. The number of anilines is 1. The van der Waals surface area contributed by atoms with E-state index in [0.717, 1.165) is 39.5 Å². The van der Waals surface area contributed by atoms with E-state index in [2.05, 4.69) is 28.2 Å². The molecule has 20 heavy (non-hydrogen) atoms.